The van der Waals surface area contributed by atoms with Gasteiger partial charge in [0.15, 0.2) is 18.4 Å². The highest BCUT2D eigenvalue weighted by atomic mass is 16.7. The molecule has 11 heteroatoms. The molecule has 10 atom stereocenters. The number of aliphatic hydroxyl groups is 4. The van der Waals surface area contributed by atoms with E-state index < -0.39 is 49.1 Å². The van der Waals surface area contributed by atoms with Crippen molar-refractivity contribution in [2.45, 2.75) is 128 Å². The van der Waals surface area contributed by atoms with Crippen LogP contribution in [-0.2, 0) is 28.5 Å². The Hall–Kier alpha value is -1.44. The van der Waals surface area contributed by atoms with E-state index in [0.717, 1.165) is 0 Å². The number of hydrogen-bond donors (Lipinski definition) is 5. The van der Waals surface area contributed by atoms with Crippen LogP contribution >= 0.6 is 0 Å². The van der Waals surface area contributed by atoms with Crippen molar-refractivity contribution in [3.05, 3.63) is 12.2 Å². The minimum Gasteiger partial charge on any atom is -0.481 e. The highest BCUT2D eigenvalue weighted by Gasteiger charge is 2.36. The summed E-state index contributed by atoms with van der Waals surface area (Å²) in [6.45, 7) is 8.51. The molecule has 4 unspecified atom stereocenters. The molecule has 0 aliphatic carbocycles. The van der Waals surface area contributed by atoms with Gasteiger partial charge in [-0.15, -0.1) is 0 Å². The molecular weight excluding hydrogens is 464 g/mol. The lowest BCUT2D eigenvalue weighted by atomic mass is 10.0. The minimum atomic E-state index is -0.881. The van der Waals surface area contributed by atoms with Gasteiger partial charge in [0, 0.05) is 19.3 Å². The van der Waals surface area contributed by atoms with Crippen molar-refractivity contribution >= 4 is 11.8 Å². The van der Waals surface area contributed by atoms with E-state index in [1.165, 1.54) is 13.0 Å². The molecule has 0 amide bonds. The third-order valence-corrected chi connectivity index (χ3v) is 5.69. The molecule has 2 aliphatic rings. The highest BCUT2D eigenvalue weighted by molar-refractivity contribution is 5.87. The molecule has 2 aliphatic heterocycles. The van der Waals surface area contributed by atoms with Gasteiger partial charge in [-0.2, -0.15) is 0 Å². The zero-order valence-corrected chi connectivity index (χ0v) is 21.1. The number of rotatable bonds is 10. The fourth-order valence-corrected chi connectivity index (χ4v) is 3.47. The predicted octanol–water partition coefficient (Wildman–Crippen LogP) is 0.897. The molecule has 2 heterocycles. The first-order chi connectivity index (χ1) is 16.3. The number of ether oxygens (including phenoxy) is 4. The van der Waals surface area contributed by atoms with Crippen LogP contribution in [0, 0.1) is 0 Å². The fourth-order valence-electron chi connectivity index (χ4n) is 3.47. The summed E-state index contributed by atoms with van der Waals surface area (Å²) >= 11 is 0. The Balaban J connectivity index is 0.000000351. The number of ketones is 1. The summed E-state index contributed by atoms with van der Waals surface area (Å²) in [6.07, 6.45) is -1.16. The molecule has 2 saturated heterocycles. The Morgan fingerprint density at radius 2 is 1.34 bits per heavy atom. The van der Waals surface area contributed by atoms with Crippen molar-refractivity contribution in [1.29, 1.82) is 0 Å². The second-order valence-corrected chi connectivity index (χ2v) is 9.23. The maximum atomic E-state index is 10.7. The molecular formula is C24H42O11. The van der Waals surface area contributed by atoms with Gasteiger partial charge in [0.05, 0.1) is 36.6 Å². The first-order valence-electron chi connectivity index (χ1n) is 12.0. The SMILES string of the molecule is CC(=O)C=CC[C@@H](C)O[C@@H]1OC(C)[C@H](O)CC1O.CC1O[C@@H](O[C@H](C)CCC(=O)O)C(O)C[C@H]1O. The number of hydrogen-bond acceptors (Lipinski definition) is 10. The van der Waals surface area contributed by atoms with Gasteiger partial charge in [-0.1, -0.05) is 6.08 Å². The Morgan fingerprint density at radius 1 is 0.886 bits per heavy atom. The quantitative estimate of drug-likeness (QED) is 0.266. The monoisotopic (exact) mass is 506 g/mol. The van der Waals surface area contributed by atoms with Crippen LogP contribution in [0.2, 0.25) is 0 Å². The van der Waals surface area contributed by atoms with E-state index in [1.807, 2.05) is 6.92 Å². The Labute approximate surface area is 206 Å². The number of carboxylic acid groups (broad SMARTS) is 1. The molecule has 0 aromatic heterocycles. The third-order valence-electron chi connectivity index (χ3n) is 5.69. The van der Waals surface area contributed by atoms with Crippen LogP contribution in [-0.4, -0.2) is 98.7 Å². The van der Waals surface area contributed by atoms with E-state index in [9.17, 15) is 30.0 Å². The molecule has 0 aromatic carbocycles. The summed E-state index contributed by atoms with van der Waals surface area (Å²) in [5, 5.41) is 46.9. The van der Waals surface area contributed by atoms with E-state index in [4.69, 9.17) is 24.1 Å². The van der Waals surface area contributed by atoms with Gasteiger partial charge in [0.2, 0.25) is 0 Å². The van der Waals surface area contributed by atoms with Crippen LogP contribution in [0.1, 0.15) is 66.7 Å². The number of carbonyl (C=O) groups is 2. The van der Waals surface area contributed by atoms with Gasteiger partial charge in [-0.05, 0) is 53.5 Å². The lowest BCUT2D eigenvalue weighted by Crippen LogP contribution is -2.48. The van der Waals surface area contributed by atoms with Crippen molar-refractivity contribution in [2.75, 3.05) is 0 Å². The largest absolute Gasteiger partial charge is 0.481 e. The van der Waals surface area contributed by atoms with Gasteiger partial charge >= 0.3 is 5.97 Å². The topological polar surface area (TPSA) is 172 Å². The van der Waals surface area contributed by atoms with E-state index in [0.29, 0.717) is 12.8 Å². The van der Waals surface area contributed by atoms with Gasteiger partial charge in [0.25, 0.3) is 0 Å². The van der Waals surface area contributed by atoms with E-state index in [2.05, 4.69) is 0 Å². The Kier molecular flexibility index (Phi) is 14.1. The van der Waals surface area contributed by atoms with Crippen LogP contribution in [0.15, 0.2) is 12.2 Å². The second-order valence-electron chi connectivity index (χ2n) is 9.23. The molecule has 0 bridgehead atoms. The summed E-state index contributed by atoms with van der Waals surface area (Å²) in [5.41, 5.74) is 0. The molecule has 0 saturated carbocycles. The Morgan fingerprint density at radius 3 is 1.77 bits per heavy atom. The first-order valence-corrected chi connectivity index (χ1v) is 12.0. The predicted molar refractivity (Wildman–Crippen MR) is 124 cm³/mol. The molecule has 5 N–H and O–H groups in total. The summed E-state index contributed by atoms with van der Waals surface area (Å²) < 4.78 is 21.7. The zero-order chi connectivity index (χ0) is 26.7. The van der Waals surface area contributed by atoms with Crippen LogP contribution in [0.5, 0.6) is 0 Å². The molecule has 0 aromatic rings. The van der Waals surface area contributed by atoms with Crippen LogP contribution in [0.4, 0.5) is 0 Å². The number of aliphatic hydroxyl groups excluding tert-OH is 4. The standard InChI is InChI=1S/C13H22O5.C11H20O6/c1-8(14)5-4-6-9(2)17-13-12(16)7-11(15)10(3)18-13;1-6(3-4-10(14)15)16-11-9(13)5-8(12)7(2)17-11/h4-5,9-13,15-16H,6-7H2,1-3H3;6-9,11-13H,3-5H2,1-2H3,(H,14,15)/t9-,10?,11-,12?,13-;6-,7?,8-,9?,11-/m11/s1. The van der Waals surface area contributed by atoms with E-state index >= 15 is 0 Å². The second kappa shape index (κ2) is 15.6. The number of aliphatic carboxylic acids is 1. The van der Waals surface area contributed by atoms with Crippen LogP contribution in [0.3, 0.4) is 0 Å². The van der Waals surface area contributed by atoms with Crippen molar-refractivity contribution in [3.8, 4) is 0 Å². The average molecular weight is 507 g/mol. The van der Waals surface area contributed by atoms with Crippen LogP contribution < -0.4 is 0 Å². The molecule has 2 rings (SSSR count). The molecule has 204 valence electrons. The summed E-state index contributed by atoms with van der Waals surface area (Å²) in [4.78, 5) is 21.1. The van der Waals surface area contributed by atoms with E-state index in [1.54, 1.807) is 26.8 Å². The van der Waals surface area contributed by atoms with Gasteiger partial charge in [-0.25, -0.2) is 0 Å². The summed E-state index contributed by atoms with van der Waals surface area (Å²) in [5.74, 6) is -0.887. The molecule has 35 heavy (non-hydrogen) atoms. The summed E-state index contributed by atoms with van der Waals surface area (Å²) in [7, 11) is 0. The van der Waals surface area contributed by atoms with Crippen molar-refractivity contribution < 1.29 is 54.1 Å². The summed E-state index contributed by atoms with van der Waals surface area (Å²) in [6, 6.07) is 0. The Bertz CT molecular complexity index is 670. The maximum Gasteiger partial charge on any atom is 0.303 e. The smallest absolute Gasteiger partial charge is 0.303 e. The third kappa shape index (κ3) is 12.4. The lowest BCUT2D eigenvalue weighted by Gasteiger charge is -2.36. The molecule has 0 radical (unpaired) electrons. The maximum absolute atomic E-state index is 10.7. The number of carboxylic acids is 1. The fraction of sp³-hybridized carbons (Fsp3) is 0.833. The molecule has 11 nitrogen and oxygen atoms in total. The normalized spacial score (nSPS) is 35.1. The van der Waals surface area contributed by atoms with Gasteiger partial charge in [-0.3, -0.25) is 9.59 Å². The number of carbonyl (C=O) groups excluding carboxylic acids is 1. The van der Waals surface area contributed by atoms with Crippen molar-refractivity contribution in [3.63, 3.8) is 0 Å². The van der Waals surface area contributed by atoms with Gasteiger partial charge in [0.1, 0.15) is 12.2 Å². The molecule has 2 fully saturated rings. The highest BCUT2D eigenvalue weighted by Crippen LogP contribution is 2.23. The zero-order valence-electron chi connectivity index (χ0n) is 21.1. The van der Waals surface area contributed by atoms with Crippen LogP contribution in [0.25, 0.3) is 0 Å². The van der Waals surface area contributed by atoms with Gasteiger partial charge < -0.3 is 44.5 Å². The average Bonchev–Trinajstić information content (AvgIpc) is 2.74. The lowest BCUT2D eigenvalue weighted by molar-refractivity contribution is -0.273. The minimum absolute atomic E-state index is 0.00658. The molecule has 0 spiro atoms. The van der Waals surface area contributed by atoms with E-state index in [-0.39, 0.29) is 43.4 Å². The first kappa shape index (κ1) is 31.6. The van der Waals surface area contributed by atoms with Crippen molar-refractivity contribution in [1.82, 2.24) is 0 Å². The number of allylic oxidation sites excluding steroid dienone is 1. The van der Waals surface area contributed by atoms with Crippen molar-refractivity contribution in [2.24, 2.45) is 0 Å².